The smallest absolute Gasteiger partial charge is 0.110 e. The zero-order valence-corrected chi connectivity index (χ0v) is 7.10. The van der Waals surface area contributed by atoms with Crippen LogP contribution < -0.4 is 0 Å². The first-order valence-corrected chi connectivity index (χ1v) is 4.02. The molecule has 1 unspecified atom stereocenters. The number of azide groups is 1. The maximum absolute atomic E-state index is 13.0. The van der Waals surface area contributed by atoms with Crippen molar-refractivity contribution in [1.29, 1.82) is 0 Å². The standard InChI is InChI=1S/C9H10FN3/c10-9(7-12-13-11)6-8-4-2-1-3-5-8/h1-5,9H,6-7H2. The molecule has 0 bridgehead atoms. The molecule has 0 spiro atoms. The fourth-order valence-electron chi connectivity index (χ4n) is 1.06. The van der Waals surface area contributed by atoms with Crippen molar-refractivity contribution < 1.29 is 4.39 Å². The van der Waals surface area contributed by atoms with E-state index in [1.807, 2.05) is 30.3 Å². The number of halogens is 1. The van der Waals surface area contributed by atoms with Crippen molar-refractivity contribution in [3.63, 3.8) is 0 Å². The molecule has 1 atom stereocenters. The van der Waals surface area contributed by atoms with Crippen LogP contribution in [0.4, 0.5) is 4.39 Å². The van der Waals surface area contributed by atoms with Crippen LogP contribution in [0.25, 0.3) is 10.4 Å². The molecule has 0 aromatic heterocycles. The van der Waals surface area contributed by atoms with Crippen LogP contribution in [0.2, 0.25) is 0 Å². The van der Waals surface area contributed by atoms with Gasteiger partial charge in [0.15, 0.2) is 0 Å². The molecule has 13 heavy (non-hydrogen) atoms. The zero-order chi connectivity index (χ0) is 9.52. The number of hydrogen-bond acceptors (Lipinski definition) is 1. The van der Waals surface area contributed by atoms with E-state index in [1.165, 1.54) is 0 Å². The van der Waals surface area contributed by atoms with E-state index in [9.17, 15) is 4.39 Å². The molecule has 3 nitrogen and oxygen atoms in total. The highest BCUT2D eigenvalue weighted by molar-refractivity contribution is 5.15. The second-order valence-corrected chi connectivity index (χ2v) is 2.70. The number of alkyl halides is 1. The van der Waals surface area contributed by atoms with E-state index in [4.69, 9.17) is 5.53 Å². The van der Waals surface area contributed by atoms with Gasteiger partial charge >= 0.3 is 0 Å². The minimum absolute atomic E-state index is 0.0919. The maximum Gasteiger partial charge on any atom is 0.110 e. The van der Waals surface area contributed by atoms with Gasteiger partial charge in [-0.15, -0.1) is 0 Å². The molecule has 1 aromatic carbocycles. The van der Waals surface area contributed by atoms with Crippen molar-refractivity contribution >= 4 is 0 Å². The highest BCUT2D eigenvalue weighted by Crippen LogP contribution is 2.05. The fourth-order valence-corrected chi connectivity index (χ4v) is 1.06. The van der Waals surface area contributed by atoms with Gasteiger partial charge in [0, 0.05) is 11.3 Å². The first-order chi connectivity index (χ1) is 6.33. The Labute approximate surface area is 75.8 Å². The van der Waals surface area contributed by atoms with E-state index in [2.05, 4.69) is 10.0 Å². The summed E-state index contributed by atoms with van der Waals surface area (Å²) in [6, 6.07) is 9.29. The van der Waals surface area contributed by atoms with Gasteiger partial charge in [-0.3, -0.25) is 0 Å². The van der Waals surface area contributed by atoms with E-state index in [0.29, 0.717) is 6.42 Å². The Morgan fingerprint density at radius 2 is 2.08 bits per heavy atom. The first-order valence-electron chi connectivity index (χ1n) is 4.02. The van der Waals surface area contributed by atoms with Crippen LogP contribution in [0.1, 0.15) is 5.56 Å². The Morgan fingerprint density at radius 3 is 2.69 bits per heavy atom. The summed E-state index contributed by atoms with van der Waals surface area (Å²) in [6.45, 7) is -0.0919. The average molecular weight is 179 g/mol. The van der Waals surface area contributed by atoms with Gasteiger partial charge in [0.1, 0.15) is 6.17 Å². The summed E-state index contributed by atoms with van der Waals surface area (Å²) in [4.78, 5) is 2.50. The maximum atomic E-state index is 13.0. The Balaban J connectivity index is 2.45. The lowest BCUT2D eigenvalue weighted by molar-refractivity contribution is 0.340. The van der Waals surface area contributed by atoms with Gasteiger partial charge in [0.05, 0.1) is 6.54 Å². The van der Waals surface area contributed by atoms with Crippen molar-refractivity contribution in [2.75, 3.05) is 6.54 Å². The molecule has 0 fully saturated rings. The van der Waals surface area contributed by atoms with Gasteiger partial charge < -0.3 is 0 Å². The predicted molar refractivity (Wildman–Crippen MR) is 49.1 cm³/mol. The van der Waals surface area contributed by atoms with Crippen LogP contribution in [-0.2, 0) is 6.42 Å². The van der Waals surface area contributed by atoms with Crippen molar-refractivity contribution in [3.05, 3.63) is 46.3 Å². The van der Waals surface area contributed by atoms with Crippen LogP contribution in [0, 0.1) is 0 Å². The Bertz CT molecular complexity index is 293. The van der Waals surface area contributed by atoms with Crippen LogP contribution in [0.15, 0.2) is 35.4 Å². The number of hydrogen-bond donors (Lipinski definition) is 0. The summed E-state index contributed by atoms with van der Waals surface area (Å²) >= 11 is 0. The van der Waals surface area contributed by atoms with Gasteiger partial charge in [-0.1, -0.05) is 35.4 Å². The lowest BCUT2D eigenvalue weighted by atomic mass is 10.1. The molecule has 0 aliphatic carbocycles. The molecule has 0 N–H and O–H groups in total. The second-order valence-electron chi connectivity index (χ2n) is 2.70. The molecular formula is C9H10FN3. The molecule has 0 saturated carbocycles. The van der Waals surface area contributed by atoms with Crippen molar-refractivity contribution in [1.82, 2.24) is 0 Å². The van der Waals surface area contributed by atoms with Gasteiger partial charge in [0.25, 0.3) is 0 Å². The van der Waals surface area contributed by atoms with Crippen LogP contribution in [0.5, 0.6) is 0 Å². The summed E-state index contributed by atoms with van der Waals surface area (Å²) in [5.41, 5.74) is 8.89. The molecule has 1 aromatic rings. The molecular weight excluding hydrogens is 169 g/mol. The molecule has 0 aliphatic rings. The molecule has 0 aliphatic heterocycles. The van der Waals surface area contributed by atoms with Gasteiger partial charge in [-0.2, -0.15) is 0 Å². The van der Waals surface area contributed by atoms with Crippen LogP contribution >= 0.6 is 0 Å². The van der Waals surface area contributed by atoms with Crippen molar-refractivity contribution in [2.45, 2.75) is 12.6 Å². The highest BCUT2D eigenvalue weighted by Gasteiger charge is 2.05. The SMILES string of the molecule is [N-]=[N+]=NCC(F)Cc1ccccc1. The van der Waals surface area contributed by atoms with E-state index in [1.54, 1.807) is 0 Å². The molecule has 0 radical (unpaired) electrons. The van der Waals surface area contributed by atoms with E-state index >= 15 is 0 Å². The van der Waals surface area contributed by atoms with E-state index < -0.39 is 6.17 Å². The van der Waals surface area contributed by atoms with Crippen LogP contribution in [0.3, 0.4) is 0 Å². The predicted octanol–water partition coefficient (Wildman–Crippen LogP) is 2.88. The Kier molecular flexibility index (Phi) is 3.79. The fraction of sp³-hybridized carbons (Fsp3) is 0.333. The summed E-state index contributed by atoms with van der Waals surface area (Å²) in [6.07, 6.45) is -0.779. The number of rotatable bonds is 4. The van der Waals surface area contributed by atoms with E-state index in [-0.39, 0.29) is 6.54 Å². The monoisotopic (exact) mass is 179 g/mol. The third-order valence-corrected chi connectivity index (χ3v) is 1.64. The number of nitrogens with zero attached hydrogens (tertiary/aromatic N) is 3. The average Bonchev–Trinajstić information content (AvgIpc) is 2.16. The minimum atomic E-state index is -1.08. The molecule has 68 valence electrons. The van der Waals surface area contributed by atoms with Crippen molar-refractivity contribution in [2.24, 2.45) is 5.11 Å². The summed E-state index contributed by atoms with van der Waals surface area (Å²) in [5.74, 6) is 0. The Hall–Kier alpha value is -1.54. The van der Waals surface area contributed by atoms with Crippen molar-refractivity contribution in [3.8, 4) is 0 Å². The molecule has 0 heterocycles. The quantitative estimate of drug-likeness (QED) is 0.387. The molecule has 0 amide bonds. The highest BCUT2D eigenvalue weighted by atomic mass is 19.1. The van der Waals surface area contributed by atoms with E-state index in [0.717, 1.165) is 5.56 Å². The topological polar surface area (TPSA) is 48.8 Å². The second kappa shape index (κ2) is 5.17. The third-order valence-electron chi connectivity index (χ3n) is 1.64. The van der Waals surface area contributed by atoms with Gasteiger partial charge in [-0.05, 0) is 11.1 Å². The summed E-state index contributed by atoms with van der Waals surface area (Å²) < 4.78 is 13.0. The minimum Gasteiger partial charge on any atom is -0.247 e. The number of benzene rings is 1. The molecule has 4 heteroatoms. The largest absolute Gasteiger partial charge is 0.247 e. The van der Waals surface area contributed by atoms with Gasteiger partial charge in [-0.25, -0.2) is 4.39 Å². The lowest BCUT2D eigenvalue weighted by Crippen LogP contribution is -2.07. The lowest BCUT2D eigenvalue weighted by Gasteiger charge is -2.03. The molecule has 1 rings (SSSR count). The Morgan fingerprint density at radius 1 is 1.38 bits per heavy atom. The summed E-state index contributed by atoms with van der Waals surface area (Å²) in [5, 5.41) is 3.17. The zero-order valence-electron chi connectivity index (χ0n) is 7.10. The van der Waals surface area contributed by atoms with Crippen LogP contribution in [-0.4, -0.2) is 12.7 Å². The van der Waals surface area contributed by atoms with Gasteiger partial charge in [0.2, 0.25) is 0 Å². The molecule has 0 saturated heterocycles. The first kappa shape index (κ1) is 9.55. The summed E-state index contributed by atoms with van der Waals surface area (Å²) in [7, 11) is 0. The normalized spacial score (nSPS) is 11.8. The third kappa shape index (κ3) is 3.58.